The fourth-order valence-electron chi connectivity index (χ4n) is 3.43. The molecule has 0 bridgehead atoms. The molecule has 0 aliphatic heterocycles. The lowest BCUT2D eigenvalue weighted by Crippen LogP contribution is -2.11. The molecule has 0 atom stereocenters. The number of aromatic nitrogens is 3. The Morgan fingerprint density at radius 3 is 2.47 bits per heavy atom. The van der Waals surface area contributed by atoms with Gasteiger partial charge in [0.1, 0.15) is 0 Å². The van der Waals surface area contributed by atoms with Gasteiger partial charge in [0.05, 0.1) is 5.02 Å². The van der Waals surface area contributed by atoms with Gasteiger partial charge in [0.25, 0.3) is 5.91 Å². The topological polar surface area (TPSA) is 69.0 Å². The summed E-state index contributed by atoms with van der Waals surface area (Å²) in [6, 6.07) is 24.7. The van der Waals surface area contributed by atoms with E-state index in [0.29, 0.717) is 22.9 Å². The predicted molar refractivity (Wildman–Crippen MR) is 137 cm³/mol. The minimum Gasteiger partial charge on any atom is -0.385 e. The number of nitrogens with one attached hydrogen (secondary N) is 1. The van der Waals surface area contributed by atoms with Crippen LogP contribution in [0.15, 0.2) is 84.0 Å². The normalized spacial score (nSPS) is 10.9. The van der Waals surface area contributed by atoms with Gasteiger partial charge in [-0.25, -0.2) is 0 Å². The average molecular weight is 493 g/mol. The molecule has 1 amide bonds. The van der Waals surface area contributed by atoms with Gasteiger partial charge < -0.3 is 14.6 Å². The van der Waals surface area contributed by atoms with Crippen LogP contribution in [-0.4, -0.2) is 34.4 Å². The van der Waals surface area contributed by atoms with Gasteiger partial charge in [-0.3, -0.25) is 4.79 Å². The standard InChI is InChI=1S/C26H25ClN4O2S/c1-33-17-7-16-31-24(22-10-5-6-11-23(22)27)29-30-26(31)34-18-19-12-14-20(15-13-19)25(32)28-21-8-3-2-4-9-21/h2-6,8-15H,7,16-18H2,1H3,(H,28,32). The zero-order valence-corrected chi connectivity index (χ0v) is 20.4. The highest BCUT2D eigenvalue weighted by Crippen LogP contribution is 2.30. The highest BCUT2D eigenvalue weighted by Gasteiger charge is 2.16. The summed E-state index contributed by atoms with van der Waals surface area (Å²) in [4.78, 5) is 12.5. The number of hydrogen-bond acceptors (Lipinski definition) is 5. The summed E-state index contributed by atoms with van der Waals surface area (Å²) in [5.74, 6) is 1.32. The van der Waals surface area contributed by atoms with E-state index in [9.17, 15) is 4.79 Å². The van der Waals surface area contributed by atoms with Crippen molar-refractivity contribution in [2.24, 2.45) is 0 Å². The molecule has 1 N–H and O–H groups in total. The van der Waals surface area contributed by atoms with E-state index < -0.39 is 0 Å². The highest BCUT2D eigenvalue weighted by molar-refractivity contribution is 7.98. The van der Waals surface area contributed by atoms with E-state index in [2.05, 4.69) is 20.1 Å². The number of anilines is 1. The molecule has 8 heteroatoms. The number of nitrogens with zero attached hydrogens (tertiary/aromatic N) is 3. The summed E-state index contributed by atoms with van der Waals surface area (Å²) in [7, 11) is 1.70. The number of para-hydroxylation sites is 1. The molecule has 1 aromatic heterocycles. The Hall–Kier alpha value is -3.13. The second-order valence-electron chi connectivity index (χ2n) is 7.59. The lowest BCUT2D eigenvalue weighted by atomic mass is 10.1. The van der Waals surface area contributed by atoms with E-state index in [0.717, 1.165) is 40.8 Å². The van der Waals surface area contributed by atoms with Crippen LogP contribution in [0.4, 0.5) is 5.69 Å². The lowest BCUT2D eigenvalue weighted by Gasteiger charge is -2.11. The fraction of sp³-hybridized carbons (Fsp3) is 0.192. The Kier molecular flexibility index (Phi) is 8.36. The first kappa shape index (κ1) is 24.0. The van der Waals surface area contributed by atoms with Crippen molar-refractivity contribution in [3.05, 3.63) is 95.0 Å². The van der Waals surface area contributed by atoms with Gasteiger partial charge in [0, 0.05) is 42.8 Å². The molecule has 3 aromatic carbocycles. The highest BCUT2D eigenvalue weighted by atomic mass is 35.5. The Morgan fingerprint density at radius 1 is 1.00 bits per heavy atom. The van der Waals surface area contributed by atoms with Crippen molar-refractivity contribution in [1.82, 2.24) is 14.8 Å². The molecule has 174 valence electrons. The van der Waals surface area contributed by atoms with Gasteiger partial charge in [0.15, 0.2) is 11.0 Å². The molecule has 0 saturated heterocycles. The van der Waals surface area contributed by atoms with Crippen LogP contribution in [0, 0.1) is 0 Å². The summed E-state index contributed by atoms with van der Waals surface area (Å²) in [5, 5.41) is 13.2. The molecular formula is C26H25ClN4O2S. The Bertz CT molecular complexity index is 1230. The zero-order valence-electron chi connectivity index (χ0n) is 18.8. The third kappa shape index (κ3) is 6.05. The summed E-state index contributed by atoms with van der Waals surface area (Å²) < 4.78 is 7.32. The number of carbonyl (C=O) groups excluding carboxylic acids is 1. The number of thioether (sulfide) groups is 1. The van der Waals surface area contributed by atoms with Gasteiger partial charge in [-0.05, 0) is 48.4 Å². The predicted octanol–water partition coefficient (Wildman–Crippen LogP) is 6.18. The molecular weight excluding hydrogens is 468 g/mol. The number of ether oxygens (including phenoxy) is 1. The van der Waals surface area contributed by atoms with Gasteiger partial charge in [-0.1, -0.05) is 65.8 Å². The number of methoxy groups -OCH3 is 1. The largest absolute Gasteiger partial charge is 0.385 e. The van der Waals surface area contributed by atoms with Crippen LogP contribution >= 0.6 is 23.4 Å². The third-order valence-corrected chi connectivity index (χ3v) is 6.54. The molecule has 0 unspecified atom stereocenters. The summed E-state index contributed by atoms with van der Waals surface area (Å²) in [5.41, 5.74) is 3.33. The Balaban J connectivity index is 1.45. The van der Waals surface area contributed by atoms with Gasteiger partial charge in [-0.15, -0.1) is 10.2 Å². The summed E-state index contributed by atoms with van der Waals surface area (Å²) >= 11 is 8.02. The first-order valence-corrected chi connectivity index (χ1v) is 12.3. The monoisotopic (exact) mass is 492 g/mol. The summed E-state index contributed by atoms with van der Waals surface area (Å²) in [6.07, 6.45) is 0.838. The molecule has 0 fully saturated rings. The number of carbonyl (C=O) groups is 1. The maximum Gasteiger partial charge on any atom is 0.255 e. The van der Waals surface area contributed by atoms with Crippen LogP contribution in [0.2, 0.25) is 5.02 Å². The second kappa shape index (κ2) is 11.8. The average Bonchev–Trinajstić information content (AvgIpc) is 3.26. The molecule has 0 aliphatic rings. The number of halogens is 1. The van der Waals surface area contributed by atoms with Gasteiger partial charge >= 0.3 is 0 Å². The van der Waals surface area contributed by atoms with E-state index >= 15 is 0 Å². The molecule has 1 heterocycles. The van der Waals surface area contributed by atoms with E-state index in [4.69, 9.17) is 16.3 Å². The van der Waals surface area contributed by atoms with E-state index in [1.54, 1.807) is 18.9 Å². The van der Waals surface area contributed by atoms with Crippen molar-refractivity contribution in [2.45, 2.75) is 23.9 Å². The second-order valence-corrected chi connectivity index (χ2v) is 8.94. The first-order valence-electron chi connectivity index (χ1n) is 10.9. The van der Waals surface area contributed by atoms with Gasteiger partial charge in [-0.2, -0.15) is 0 Å². The molecule has 0 radical (unpaired) electrons. The first-order chi connectivity index (χ1) is 16.7. The molecule has 0 spiro atoms. The fourth-order valence-corrected chi connectivity index (χ4v) is 4.57. The molecule has 34 heavy (non-hydrogen) atoms. The molecule has 4 aromatic rings. The van der Waals surface area contributed by atoms with Crippen LogP contribution in [0.5, 0.6) is 0 Å². The minimum atomic E-state index is -0.132. The SMILES string of the molecule is COCCCn1c(SCc2ccc(C(=O)Nc3ccccc3)cc2)nnc1-c1ccccc1Cl. The number of hydrogen-bond donors (Lipinski definition) is 1. The van der Waals surface area contributed by atoms with Crippen molar-refractivity contribution in [3.8, 4) is 11.4 Å². The summed E-state index contributed by atoms with van der Waals surface area (Å²) in [6.45, 7) is 1.37. The van der Waals surface area contributed by atoms with Crippen LogP contribution in [0.1, 0.15) is 22.3 Å². The van der Waals surface area contributed by atoms with Crippen molar-refractivity contribution in [1.29, 1.82) is 0 Å². The number of amides is 1. The Labute approximate surface area is 208 Å². The van der Waals surface area contributed by atoms with Crippen molar-refractivity contribution in [2.75, 3.05) is 19.0 Å². The number of benzene rings is 3. The van der Waals surface area contributed by atoms with Crippen LogP contribution < -0.4 is 5.32 Å². The van der Waals surface area contributed by atoms with Crippen LogP contribution in [-0.2, 0) is 17.0 Å². The molecule has 0 saturated carbocycles. The molecule has 6 nitrogen and oxygen atoms in total. The van der Waals surface area contributed by atoms with Crippen LogP contribution in [0.25, 0.3) is 11.4 Å². The maximum absolute atomic E-state index is 12.5. The van der Waals surface area contributed by atoms with Crippen molar-refractivity contribution >= 4 is 35.0 Å². The van der Waals surface area contributed by atoms with E-state index in [1.165, 1.54) is 0 Å². The molecule has 4 rings (SSSR count). The minimum absolute atomic E-state index is 0.132. The lowest BCUT2D eigenvalue weighted by molar-refractivity contribution is 0.102. The molecule has 0 aliphatic carbocycles. The number of rotatable bonds is 10. The van der Waals surface area contributed by atoms with Crippen molar-refractivity contribution < 1.29 is 9.53 Å². The van der Waals surface area contributed by atoms with Crippen LogP contribution in [0.3, 0.4) is 0 Å². The Morgan fingerprint density at radius 2 is 1.74 bits per heavy atom. The van der Waals surface area contributed by atoms with Crippen molar-refractivity contribution in [3.63, 3.8) is 0 Å². The smallest absolute Gasteiger partial charge is 0.255 e. The zero-order chi connectivity index (χ0) is 23.8. The van der Waals surface area contributed by atoms with E-state index in [-0.39, 0.29) is 5.91 Å². The maximum atomic E-state index is 12.5. The van der Waals surface area contributed by atoms with E-state index in [1.807, 2.05) is 78.9 Å². The third-order valence-electron chi connectivity index (χ3n) is 5.18. The van der Waals surface area contributed by atoms with Gasteiger partial charge in [0.2, 0.25) is 0 Å². The quantitative estimate of drug-likeness (QED) is 0.211.